The quantitative estimate of drug-likeness (QED) is 0.831. The van der Waals surface area contributed by atoms with Gasteiger partial charge >= 0.3 is 0 Å². The summed E-state index contributed by atoms with van der Waals surface area (Å²) in [5.74, 6) is 0. The molecule has 1 saturated heterocycles. The van der Waals surface area contributed by atoms with Crippen LogP contribution >= 0.6 is 0 Å². The average molecular weight is 324 g/mol. The summed E-state index contributed by atoms with van der Waals surface area (Å²) in [5, 5.41) is 0. The molecule has 1 aliphatic heterocycles. The number of aryl methyl sites for hydroxylation is 1. The number of rotatable bonds is 5. The summed E-state index contributed by atoms with van der Waals surface area (Å²) in [7, 11) is -3.43. The third-order valence-electron chi connectivity index (χ3n) is 4.31. The highest BCUT2D eigenvalue weighted by atomic mass is 32.2. The van der Waals surface area contributed by atoms with E-state index in [1.807, 2.05) is 38.1 Å². The second-order valence-corrected chi connectivity index (χ2v) is 8.14. The van der Waals surface area contributed by atoms with E-state index in [2.05, 4.69) is 0 Å². The van der Waals surface area contributed by atoms with E-state index in [1.165, 1.54) is 5.56 Å². The lowest BCUT2D eigenvalue weighted by molar-refractivity contribution is 0.0360. The molecule has 0 aromatic heterocycles. The Morgan fingerprint density at radius 1 is 1.27 bits per heavy atom. The van der Waals surface area contributed by atoms with Crippen molar-refractivity contribution < 1.29 is 13.2 Å². The number of nitrogens with zero attached hydrogens (tertiary/aromatic N) is 2. The third kappa shape index (κ3) is 3.35. The van der Waals surface area contributed by atoms with E-state index in [-0.39, 0.29) is 12.1 Å². The van der Waals surface area contributed by atoms with Gasteiger partial charge in [0.25, 0.3) is 10.2 Å². The summed E-state index contributed by atoms with van der Waals surface area (Å²) in [5.41, 5.74) is 2.23. The average Bonchev–Trinajstić information content (AvgIpc) is 3.31. The van der Waals surface area contributed by atoms with E-state index in [4.69, 9.17) is 4.74 Å². The predicted octanol–water partition coefficient (Wildman–Crippen LogP) is 1.92. The van der Waals surface area contributed by atoms with E-state index in [9.17, 15) is 8.42 Å². The Kier molecular flexibility index (Phi) is 4.54. The summed E-state index contributed by atoms with van der Waals surface area (Å²) < 4.78 is 34.7. The molecule has 1 aliphatic carbocycles. The van der Waals surface area contributed by atoms with Crippen molar-refractivity contribution in [3.8, 4) is 0 Å². The van der Waals surface area contributed by atoms with E-state index in [0.717, 1.165) is 18.4 Å². The first kappa shape index (κ1) is 15.9. The van der Waals surface area contributed by atoms with Gasteiger partial charge in [-0.15, -0.1) is 0 Å². The van der Waals surface area contributed by atoms with Crippen LogP contribution in [0.5, 0.6) is 0 Å². The number of hydrogen-bond acceptors (Lipinski definition) is 3. The normalized spacial score (nSPS) is 23.9. The lowest BCUT2D eigenvalue weighted by atomic mass is 10.1. The first-order valence-corrected chi connectivity index (χ1v) is 9.30. The summed E-state index contributed by atoms with van der Waals surface area (Å²) >= 11 is 0. The first-order valence-electron chi connectivity index (χ1n) is 7.90. The Morgan fingerprint density at radius 3 is 2.55 bits per heavy atom. The lowest BCUT2D eigenvalue weighted by Crippen LogP contribution is -2.53. The molecule has 122 valence electrons. The molecule has 0 radical (unpaired) electrons. The van der Waals surface area contributed by atoms with Gasteiger partial charge in [-0.3, -0.25) is 0 Å². The molecule has 1 heterocycles. The second kappa shape index (κ2) is 6.28. The van der Waals surface area contributed by atoms with Crippen LogP contribution in [0.15, 0.2) is 24.3 Å². The van der Waals surface area contributed by atoms with Crippen molar-refractivity contribution >= 4 is 10.2 Å². The van der Waals surface area contributed by atoms with Crippen LogP contribution in [0.4, 0.5) is 0 Å². The molecular formula is C16H24N2O3S. The van der Waals surface area contributed by atoms with Crippen LogP contribution in [0.25, 0.3) is 0 Å². The van der Waals surface area contributed by atoms with Crippen LogP contribution in [0.3, 0.4) is 0 Å². The zero-order chi connectivity index (χ0) is 15.7. The molecule has 0 N–H and O–H groups in total. The van der Waals surface area contributed by atoms with E-state index in [0.29, 0.717) is 26.3 Å². The third-order valence-corrected chi connectivity index (χ3v) is 6.47. The van der Waals surface area contributed by atoms with Gasteiger partial charge in [0.15, 0.2) is 0 Å². The largest absolute Gasteiger partial charge is 0.378 e. The van der Waals surface area contributed by atoms with Crippen molar-refractivity contribution in [1.82, 2.24) is 8.61 Å². The summed E-state index contributed by atoms with van der Waals surface area (Å²) in [6, 6.07) is 8.15. The maximum absolute atomic E-state index is 13.0. The molecular weight excluding hydrogens is 300 g/mol. The molecule has 3 rings (SSSR count). The minimum atomic E-state index is -3.43. The van der Waals surface area contributed by atoms with Crippen molar-refractivity contribution in [2.75, 3.05) is 19.8 Å². The molecule has 2 aliphatic rings. The Morgan fingerprint density at radius 2 is 1.95 bits per heavy atom. The zero-order valence-corrected chi connectivity index (χ0v) is 14.1. The summed E-state index contributed by atoms with van der Waals surface area (Å²) in [4.78, 5) is 0. The monoisotopic (exact) mass is 324 g/mol. The van der Waals surface area contributed by atoms with Gasteiger partial charge in [0.1, 0.15) is 0 Å². The van der Waals surface area contributed by atoms with Crippen molar-refractivity contribution in [1.29, 1.82) is 0 Å². The van der Waals surface area contributed by atoms with E-state index in [1.54, 1.807) is 8.61 Å². The van der Waals surface area contributed by atoms with E-state index >= 15 is 0 Å². The fourth-order valence-corrected chi connectivity index (χ4v) is 4.81. The molecule has 0 spiro atoms. The van der Waals surface area contributed by atoms with Crippen molar-refractivity contribution in [3.63, 3.8) is 0 Å². The SMILES string of the molecule is Cc1ccc(CN(C2CC2)S(=O)(=O)N2CCOCC2C)cc1. The van der Waals surface area contributed by atoms with Crippen molar-refractivity contribution in [3.05, 3.63) is 35.4 Å². The van der Waals surface area contributed by atoms with Crippen LogP contribution in [-0.2, 0) is 21.5 Å². The lowest BCUT2D eigenvalue weighted by Gasteiger charge is -2.36. The maximum atomic E-state index is 13.0. The molecule has 2 fully saturated rings. The van der Waals surface area contributed by atoms with Crippen LogP contribution in [0.2, 0.25) is 0 Å². The molecule has 5 nitrogen and oxygen atoms in total. The predicted molar refractivity (Wildman–Crippen MR) is 85.7 cm³/mol. The van der Waals surface area contributed by atoms with Crippen molar-refractivity contribution in [2.24, 2.45) is 0 Å². The fourth-order valence-electron chi connectivity index (χ4n) is 2.82. The molecule has 1 atom stereocenters. The minimum absolute atomic E-state index is 0.0991. The standard InChI is InChI=1S/C16H24N2O3S/c1-13-3-5-15(6-4-13)11-18(16-7-8-16)22(19,20)17-9-10-21-12-14(17)2/h3-6,14,16H,7-12H2,1-2H3. The first-order chi connectivity index (χ1) is 10.5. The minimum Gasteiger partial charge on any atom is -0.378 e. The molecule has 1 aromatic rings. The molecule has 1 saturated carbocycles. The summed E-state index contributed by atoms with van der Waals surface area (Å²) in [6.07, 6.45) is 1.92. The summed E-state index contributed by atoms with van der Waals surface area (Å²) in [6.45, 7) is 5.80. The number of ether oxygens (including phenoxy) is 1. The van der Waals surface area contributed by atoms with Gasteiger partial charge in [0, 0.05) is 25.2 Å². The Balaban J connectivity index is 1.82. The van der Waals surface area contributed by atoms with Gasteiger partial charge in [-0.1, -0.05) is 29.8 Å². The van der Waals surface area contributed by atoms with Gasteiger partial charge in [-0.05, 0) is 32.3 Å². The Labute approximate surface area is 133 Å². The number of benzene rings is 1. The van der Waals surface area contributed by atoms with Crippen molar-refractivity contribution in [2.45, 2.75) is 45.3 Å². The van der Waals surface area contributed by atoms with E-state index < -0.39 is 10.2 Å². The van der Waals surface area contributed by atoms with Crippen LogP contribution < -0.4 is 0 Å². The second-order valence-electron chi connectivity index (χ2n) is 6.30. The number of hydrogen-bond donors (Lipinski definition) is 0. The molecule has 1 unspecified atom stereocenters. The van der Waals surface area contributed by atoms with Gasteiger partial charge in [0.05, 0.1) is 13.2 Å². The Bertz CT molecular complexity index is 611. The topological polar surface area (TPSA) is 49.9 Å². The molecule has 6 heteroatoms. The van der Waals surface area contributed by atoms with Gasteiger partial charge in [0.2, 0.25) is 0 Å². The number of morpholine rings is 1. The molecule has 0 amide bonds. The highest BCUT2D eigenvalue weighted by Crippen LogP contribution is 2.33. The van der Waals surface area contributed by atoms with Crippen LogP contribution in [0.1, 0.15) is 30.9 Å². The van der Waals surface area contributed by atoms with Gasteiger partial charge in [-0.25, -0.2) is 0 Å². The molecule has 22 heavy (non-hydrogen) atoms. The maximum Gasteiger partial charge on any atom is 0.282 e. The van der Waals surface area contributed by atoms with Crippen LogP contribution in [-0.4, -0.2) is 48.9 Å². The van der Waals surface area contributed by atoms with Gasteiger partial charge < -0.3 is 4.74 Å². The highest BCUT2D eigenvalue weighted by Gasteiger charge is 2.42. The zero-order valence-electron chi connectivity index (χ0n) is 13.2. The van der Waals surface area contributed by atoms with Gasteiger partial charge in [-0.2, -0.15) is 17.0 Å². The fraction of sp³-hybridized carbons (Fsp3) is 0.625. The molecule has 0 bridgehead atoms. The van der Waals surface area contributed by atoms with Crippen LogP contribution in [0, 0.1) is 6.92 Å². The smallest absolute Gasteiger partial charge is 0.282 e. The Hall–Kier alpha value is -0.950. The molecule has 1 aromatic carbocycles. The highest BCUT2D eigenvalue weighted by molar-refractivity contribution is 7.86.